The molecule has 0 saturated heterocycles. The van der Waals surface area contributed by atoms with Crippen LogP contribution < -0.4 is 10.9 Å². The SMILES string of the molecule is Cc1cc2c(cc3c(=O)n(CC(=O)NC(C)c4ccccc4)ncn32)s1. The Bertz CT molecular complexity index is 1160. The number of benzene rings is 1. The standard InChI is InChI=1S/C19H18N4O2S/c1-12-8-15-17(26-12)9-16-19(25)23(20-11-22(15)16)10-18(24)21-13(2)14-6-4-3-5-7-14/h3-9,11,13H,10H2,1-2H3,(H,21,24). The predicted molar refractivity (Wildman–Crippen MR) is 103 cm³/mol. The number of amides is 1. The maximum atomic E-state index is 12.7. The van der Waals surface area contributed by atoms with Gasteiger partial charge < -0.3 is 5.32 Å². The van der Waals surface area contributed by atoms with Crippen molar-refractivity contribution in [3.05, 3.63) is 69.6 Å². The Morgan fingerprint density at radius 3 is 2.77 bits per heavy atom. The molecule has 0 aliphatic rings. The summed E-state index contributed by atoms with van der Waals surface area (Å²) in [5.74, 6) is -0.246. The van der Waals surface area contributed by atoms with E-state index < -0.39 is 0 Å². The van der Waals surface area contributed by atoms with E-state index in [0.717, 1.165) is 15.8 Å². The number of nitrogens with zero attached hydrogens (tertiary/aromatic N) is 3. The fourth-order valence-corrected chi connectivity index (χ4v) is 4.03. The van der Waals surface area contributed by atoms with Gasteiger partial charge in [-0.3, -0.25) is 14.0 Å². The summed E-state index contributed by atoms with van der Waals surface area (Å²) in [6.07, 6.45) is 1.60. The number of nitrogens with one attached hydrogen (secondary N) is 1. The second-order valence-corrected chi connectivity index (χ2v) is 7.59. The van der Waals surface area contributed by atoms with Gasteiger partial charge in [-0.2, -0.15) is 5.10 Å². The van der Waals surface area contributed by atoms with Crippen molar-refractivity contribution in [1.82, 2.24) is 19.5 Å². The minimum atomic E-state index is -0.268. The van der Waals surface area contributed by atoms with Crippen molar-refractivity contribution in [1.29, 1.82) is 0 Å². The van der Waals surface area contributed by atoms with Crippen LogP contribution in [-0.4, -0.2) is 20.1 Å². The molecule has 1 atom stereocenters. The molecule has 1 amide bonds. The summed E-state index contributed by atoms with van der Waals surface area (Å²) < 4.78 is 4.03. The van der Waals surface area contributed by atoms with E-state index in [0.29, 0.717) is 5.52 Å². The molecule has 3 aromatic heterocycles. The molecule has 1 unspecified atom stereocenters. The van der Waals surface area contributed by atoms with Crippen LogP contribution in [0.2, 0.25) is 0 Å². The fraction of sp³-hybridized carbons (Fsp3) is 0.211. The Kier molecular flexibility index (Phi) is 4.08. The topological polar surface area (TPSA) is 68.4 Å². The number of thiophene rings is 1. The van der Waals surface area contributed by atoms with Crippen LogP contribution in [0.5, 0.6) is 0 Å². The third kappa shape index (κ3) is 2.90. The third-order valence-corrected chi connectivity index (χ3v) is 5.37. The number of hydrogen-bond donors (Lipinski definition) is 1. The molecule has 0 radical (unpaired) electrons. The van der Waals surface area contributed by atoms with Crippen molar-refractivity contribution < 1.29 is 4.79 Å². The van der Waals surface area contributed by atoms with E-state index in [9.17, 15) is 9.59 Å². The molecule has 0 spiro atoms. The zero-order chi connectivity index (χ0) is 18.3. The number of aryl methyl sites for hydroxylation is 1. The average molecular weight is 366 g/mol. The Balaban J connectivity index is 1.58. The van der Waals surface area contributed by atoms with E-state index in [1.807, 2.05) is 56.3 Å². The first-order valence-electron chi connectivity index (χ1n) is 8.34. The fourth-order valence-electron chi connectivity index (χ4n) is 3.08. The lowest BCUT2D eigenvalue weighted by atomic mass is 10.1. The van der Waals surface area contributed by atoms with Crippen molar-refractivity contribution >= 4 is 33.0 Å². The average Bonchev–Trinajstić information content (AvgIpc) is 3.14. The van der Waals surface area contributed by atoms with E-state index in [-0.39, 0.29) is 24.1 Å². The van der Waals surface area contributed by atoms with Crippen molar-refractivity contribution in [3.8, 4) is 0 Å². The lowest BCUT2D eigenvalue weighted by Crippen LogP contribution is -2.35. The van der Waals surface area contributed by atoms with Gasteiger partial charge in [0.25, 0.3) is 5.56 Å². The predicted octanol–water partition coefficient (Wildman–Crippen LogP) is 2.90. The molecular formula is C19H18N4O2S. The Hall–Kier alpha value is -2.93. The number of rotatable bonds is 4. The van der Waals surface area contributed by atoms with Crippen LogP contribution in [0.4, 0.5) is 0 Å². The maximum absolute atomic E-state index is 12.7. The molecule has 0 saturated carbocycles. The van der Waals surface area contributed by atoms with Crippen LogP contribution in [-0.2, 0) is 11.3 Å². The highest BCUT2D eigenvalue weighted by Crippen LogP contribution is 2.26. The molecule has 0 bridgehead atoms. The summed E-state index contributed by atoms with van der Waals surface area (Å²) in [5.41, 5.74) is 2.25. The first-order valence-corrected chi connectivity index (χ1v) is 9.16. The van der Waals surface area contributed by atoms with Crippen LogP contribution in [0.25, 0.3) is 15.7 Å². The van der Waals surface area contributed by atoms with Gasteiger partial charge in [0.15, 0.2) is 0 Å². The van der Waals surface area contributed by atoms with Crippen molar-refractivity contribution in [2.75, 3.05) is 0 Å². The van der Waals surface area contributed by atoms with Crippen molar-refractivity contribution in [2.24, 2.45) is 0 Å². The zero-order valence-electron chi connectivity index (χ0n) is 14.5. The molecule has 7 heteroatoms. The van der Waals surface area contributed by atoms with Gasteiger partial charge in [0, 0.05) is 4.88 Å². The summed E-state index contributed by atoms with van der Waals surface area (Å²) in [6.45, 7) is 3.84. The molecule has 6 nitrogen and oxygen atoms in total. The second kappa shape index (κ2) is 6.42. The summed E-state index contributed by atoms with van der Waals surface area (Å²) in [5, 5.41) is 7.07. The van der Waals surface area contributed by atoms with E-state index >= 15 is 0 Å². The molecule has 132 valence electrons. The summed E-state index contributed by atoms with van der Waals surface area (Å²) >= 11 is 1.64. The highest BCUT2D eigenvalue weighted by Gasteiger charge is 2.14. The van der Waals surface area contributed by atoms with Crippen LogP contribution in [0, 0.1) is 6.92 Å². The third-order valence-electron chi connectivity index (χ3n) is 4.38. The normalized spacial score (nSPS) is 12.5. The van der Waals surface area contributed by atoms with Crippen molar-refractivity contribution in [3.63, 3.8) is 0 Å². The highest BCUT2D eigenvalue weighted by molar-refractivity contribution is 7.19. The van der Waals surface area contributed by atoms with E-state index in [1.54, 1.807) is 22.1 Å². The van der Waals surface area contributed by atoms with Gasteiger partial charge in [0.2, 0.25) is 5.91 Å². The van der Waals surface area contributed by atoms with Crippen LogP contribution in [0.1, 0.15) is 23.4 Å². The number of carbonyl (C=O) groups excluding carboxylic acids is 1. The van der Waals surface area contributed by atoms with Gasteiger partial charge in [-0.05, 0) is 31.5 Å². The van der Waals surface area contributed by atoms with Gasteiger partial charge in [-0.25, -0.2) is 4.68 Å². The first-order chi connectivity index (χ1) is 12.5. The summed E-state index contributed by atoms with van der Waals surface area (Å²) in [6, 6.07) is 13.5. The Morgan fingerprint density at radius 1 is 1.23 bits per heavy atom. The maximum Gasteiger partial charge on any atom is 0.291 e. The van der Waals surface area contributed by atoms with E-state index in [2.05, 4.69) is 10.4 Å². The lowest BCUT2D eigenvalue weighted by Gasteiger charge is -2.14. The highest BCUT2D eigenvalue weighted by atomic mass is 32.1. The molecular weight excluding hydrogens is 348 g/mol. The molecule has 26 heavy (non-hydrogen) atoms. The minimum Gasteiger partial charge on any atom is -0.348 e. The summed E-state index contributed by atoms with van der Waals surface area (Å²) in [4.78, 5) is 26.2. The van der Waals surface area contributed by atoms with Gasteiger partial charge in [-0.15, -0.1) is 11.3 Å². The smallest absolute Gasteiger partial charge is 0.291 e. The molecule has 3 heterocycles. The Morgan fingerprint density at radius 2 is 2.00 bits per heavy atom. The first kappa shape index (κ1) is 16.5. The quantitative estimate of drug-likeness (QED) is 0.604. The molecule has 0 aliphatic carbocycles. The molecule has 1 N–H and O–H groups in total. The molecule has 4 aromatic rings. The molecule has 0 aliphatic heterocycles. The van der Waals surface area contributed by atoms with E-state index in [1.165, 1.54) is 9.56 Å². The van der Waals surface area contributed by atoms with Gasteiger partial charge in [0.1, 0.15) is 18.4 Å². The van der Waals surface area contributed by atoms with Crippen LogP contribution in [0.3, 0.4) is 0 Å². The monoisotopic (exact) mass is 366 g/mol. The van der Waals surface area contributed by atoms with Crippen LogP contribution in [0.15, 0.2) is 53.6 Å². The van der Waals surface area contributed by atoms with Crippen LogP contribution >= 0.6 is 11.3 Å². The largest absolute Gasteiger partial charge is 0.348 e. The zero-order valence-corrected chi connectivity index (χ0v) is 15.3. The number of fused-ring (bicyclic) bond motifs is 3. The van der Waals surface area contributed by atoms with Crippen molar-refractivity contribution in [2.45, 2.75) is 26.4 Å². The molecule has 4 rings (SSSR count). The van der Waals surface area contributed by atoms with Gasteiger partial charge >= 0.3 is 0 Å². The number of aromatic nitrogens is 3. The summed E-state index contributed by atoms with van der Waals surface area (Å²) in [7, 11) is 0. The number of hydrogen-bond acceptors (Lipinski definition) is 4. The second-order valence-electron chi connectivity index (χ2n) is 6.30. The minimum absolute atomic E-state index is 0.107. The van der Waals surface area contributed by atoms with Gasteiger partial charge in [0.05, 0.1) is 16.3 Å². The van der Waals surface area contributed by atoms with E-state index in [4.69, 9.17) is 0 Å². The number of carbonyl (C=O) groups is 1. The lowest BCUT2D eigenvalue weighted by molar-refractivity contribution is -0.122. The Labute approximate surface area is 153 Å². The molecule has 1 aromatic carbocycles. The molecule has 0 fully saturated rings. The van der Waals surface area contributed by atoms with Gasteiger partial charge in [-0.1, -0.05) is 30.3 Å².